The van der Waals surface area contributed by atoms with Gasteiger partial charge in [0.05, 0.1) is 43.6 Å². The number of hydrogen-bond donors (Lipinski definition) is 5. The van der Waals surface area contributed by atoms with Crippen molar-refractivity contribution in [3.63, 3.8) is 0 Å². The van der Waals surface area contributed by atoms with Crippen molar-refractivity contribution in [3.8, 4) is 11.8 Å². The molecule has 1 aromatic heterocycles. The van der Waals surface area contributed by atoms with E-state index in [4.69, 9.17) is 9.47 Å². The molecule has 3 aromatic carbocycles. The van der Waals surface area contributed by atoms with E-state index < -0.39 is 17.9 Å². The number of para-hydroxylation sites is 1. The van der Waals surface area contributed by atoms with Crippen molar-refractivity contribution in [2.24, 2.45) is 0 Å². The third-order valence-electron chi connectivity index (χ3n) is 9.68. The number of nitriles is 1. The second kappa shape index (κ2) is 25.3. The van der Waals surface area contributed by atoms with E-state index in [0.29, 0.717) is 49.2 Å². The Hall–Kier alpha value is -7.11. The normalized spacial score (nSPS) is 11.7. The molecule has 0 radical (unpaired) electrons. The van der Waals surface area contributed by atoms with Crippen molar-refractivity contribution >= 4 is 91.1 Å². The first kappa shape index (κ1) is 48.9. The predicted molar refractivity (Wildman–Crippen MR) is 247 cm³/mol. The molecule has 2 heterocycles. The van der Waals surface area contributed by atoms with Crippen LogP contribution in [0.4, 0.5) is 21.9 Å². The number of amides is 7. The highest BCUT2D eigenvalue weighted by atomic mass is 33.1. The Balaban J connectivity index is 0.899. The summed E-state index contributed by atoms with van der Waals surface area (Å²) in [7, 11) is 6.55. The Morgan fingerprint density at radius 2 is 1.48 bits per heavy atom. The molecule has 20 heteroatoms. The van der Waals surface area contributed by atoms with Crippen molar-refractivity contribution < 1.29 is 43.0 Å². The van der Waals surface area contributed by atoms with Gasteiger partial charge in [0.15, 0.2) is 0 Å². The van der Waals surface area contributed by atoms with Crippen LogP contribution in [0, 0.1) is 11.3 Å². The molecule has 340 valence electrons. The van der Waals surface area contributed by atoms with E-state index in [0.717, 1.165) is 37.9 Å². The minimum atomic E-state index is -0.662. The predicted octanol–water partition coefficient (Wildman–Crippen LogP) is 4.71. The summed E-state index contributed by atoms with van der Waals surface area (Å²) in [6, 6.07) is 24.3. The molecule has 7 amide bonds. The molecule has 18 nitrogen and oxygen atoms in total. The van der Waals surface area contributed by atoms with Gasteiger partial charge >= 0.3 is 6.09 Å². The number of hydrogen-bond acceptors (Lipinski definition) is 14. The second-order valence-electron chi connectivity index (χ2n) is 14.4. The number of nitrogens with one attached hydrogen (secondary N) is 5. The molecular formula is C45H49N9O9S2. The lowest BCUT2D eigenvalue weighted by Gasteiger charge is -2.23. The number of nitrogens with zero attached hydrogens (tertiary/aromatic N) is 4. The molecule has 0 spiro atoms. The van der Waals surface area contributed by atoms with Crippen LogP contribution in [0.25, 0.3) is 10.9 Å². The van der Waals surface area contributed by atoms with Crippen LogP contribution in [0.3, 0.4) is 0 Å². The Bertz CT molecular complexity index is 2430. The van der Waals surface area contributed by atoms with Crippen molar-refractivity contribution in [2.75, 3.05) is 62.9 Å². The SMILES string of the molecule is COc1ccc(N(C)c2cc(C#N)nc3ccccc23)cc1NC(=O)OCc1ccc(SSCCCNC(=O)CNC(=O)CNC(=O)CNC(=O)CCCCCN2C(=O)C=CC2=O)cc1. The number of methoxy groups -OCH3 is 1. The molecule has 0 bridgehead atoms. The van der Waals surface area contributed by atoms with Crippen molar-refractivity contribution in [3.05, 3.63) is 96.2 Å². The van der Waals surface area contributed by atoms with Crippen LogP contribution in [0.1, 0.15) is 43.4 Å². The third kappa shape index (κ3) is 15.6. The van der Waals surface area contributed by atoms with Gasteiger partial charge < -0.3 is 35.6 Å². The highest BCUT2D eigenvalue weighted by molar-refractivity contribution is 8.76. The number of ether oxygens (including phenoxy) is 2. The molecule has 65 heavy (non-hydrogen) atoms. The van der Waals surface area contributed by atoms with Crippen LogP contribution >= 0.6 is 21.6 Å². The first-order valence-corrected chi connectivity index (χ1v) is 22.9. The summed E-state index contributed by atoms with van der Waals surface area (Å²) in [6.07, 6.45) is 4.36. The Morgan fingerprint density at radius 1 is 0.800 bits per heavy atom. The van der Waals surface area contributed by atoms with Gasteiger partial charge in [0.1, 0.15) is 24.1 Å². The van der Waals surface area contributed by atoms with E-state index in [1.807, 2.05) is 66.5 Å². The van der Waals surface area contributed by atoms with Crippen LogP contribution in [0.5, 0.6) is 5.75 Å². The lowest BCUT2D eigenvalue weighted by atomic mass is 10.1. The standard InChI is InChI=1S/C45H49N9O9S2/c1-53(37-23-31(25-46)51-35-10-6-5-9-34(35)37)32-14-17-38(62-2)36(24-32)52-45(61)63-29-30-12-15-33(16-13-30)65-64-22-8-20-47-40(56)26-49-42(58)28-50-41(57)27-48-39(55)11-4-3-7-21-54-43(59)18-19-44(54)60/h5-6,9-10,12-19,23-24H,3-4,7-8,11,20-22,26-29H2,1-2H3,(H,47,56)(H,48,55)(H,49,58)(H,50,57)(H,52,61). The van der Waals surface area contributed by atoms with Crippen LogP contribution in [-0.2, 0) is 40.1 Å². The summed E-state index contributed by atoms with van der Waals surface area (Å²) < 4.78 is 11.0. The molecule has 0 saturated heterocycles. The zero-order chi connectivity index (χ0) is 46.6. The Kier molecular flexibility index (Phi) is 19.0. The average Bonchev–Trinajstić information content (AvgIpc) is 3.64. The molecule has 5 N–H and O–H groups in total. The maximum atomic E-state index is 12.9. The number of carbonyl (C=O) groups is 7. The highest BCUT2D eigenvalue weighted by Crippen LogP contribution is 2.36. The molecule has 0 atom stereocenters. The summed E-state index contributed by atoms with van der Waals surface area (Å²) >= 11 is 0. The maximum absolute atomic E-state index is 12.9. The van der Waals surface area contributed by atoms with E-state index in [1.54, 1.807) is 39.8 Å². The number of fused-ring (bicyclic) bond motifs is 1. The summed E-state index contributed by atoms with van der Waals surface area (Å²) in [6.45, 7) is -0.179. The fraction of sp³-hybridized carbons (Fsp3) is 0.311. The van der Waals surface area contributed by atoms with E-state index >= 15 is 0 Å². The molecule has 4 aromatic rings. The van der Waals surface area contributed by atoms with Crippen LogP contribution in [0.2, 0.25) is 0 Å². The van der Waals surface area contributed by atoms with E-state index in [1.165, 1.54) is 19.3 Å². The van der Waals surface area contributed by atoms with Gasteiger partial charge in [0.2, 0.25) is 23.6 Å². The van der Waals surface area contributed by atoms with Gasteiger partial charge in [-0.3, -0.25) is 39.0 Å². The average molecular weight is 924 g/mol. The maximum Gasteiger partial charge on any atom is 0.412 e. The highest BCUT2D eigenvalue weighted by Gasteiger charge is 2.22. The summed E-state index contributed by atoms with van der Waals surface area (Å²) in [5.41, 5.74) is 3.68. The minimum Gasteiger partial charge on any atom is -0.495 e. The number of imide groups is 1. The van der Waals surface area contributed by atoms with Crippen molar-refractivity contribution in [1.82, 2.24) is 31.2 Å². The van der Waals surface area contributed by atoms with Crippen molar-refractivity contribution in [2.45, 2.75) is 43.6 Å². The van der Waals surface area contributed by atoms with Crippen LogP contribution in [-0.4, -0.2) is 104 Å². The molecule has 0 fully saturated rings. The molecule has 5 rings (SSSR count). The monoisotopic (exact) mass is 923 g/mol. The van der Waals surface area contributed by atoms with E-state index in [9.17, 15) is 38.8 Å². The van der Waals surface area contributed by atoms with Crippen molar-refractivity contribution in [1.29, 1.82) is 5.26 Å². The number of aromatic nitrogens is 1. The third-order valence-corrected chi connectivity index (χ3v) is 12.1. The molecule has 1 aliphatic rings. The number of carbonyl (C=O) groups excluding carboxylic acids is 7. The van der Waals surface area contributed by atoms with Gasteiger partial charge in [-0.15, -0.1) is 0 Å². The zero-order valence-electron chi connectivity index (χ0n) is 35.8. The zero-order valence-corrected chi connectivity index (χ0v) is 37.5. The first-order chi connectivity index (χ1) is 31.4. The number of pyridine rings is 1. The minimum absolute atomic E-state index is 0.0404. The molecular weight excluding hydrogens is 875 g/mol. The lowest BCUT2D eigenvalue weighted by molar-refractivity contribution is -0.137. The van der Waals surface area contributed by atoms with Gasteiger partial charge in [-0.2, -0.15) is 5.26 Å². The largest absolute Gasteiger partial charge is 0.495 e. The molecule has 0 aliphatic carbocycles. The van der Waals surface area contributed by atoms with Gasteiger partial charge in [-0.25, -0.2) is 9.78 Å². The molecule has 0 saturated carbocycles. The van der Waals surface area contributed by atoms with Crippen LogP contribution < -0.4 is 36.2 Å². The fourth-order valence-electron chi connectivity index (χ4n) is 6.23. The van der Waals surface area contributed by atoms with E-state index in [2.05, 4.69) is 37.6 Å². The number of anilines is 3. The number of unbranched alkanes of at least 4 members (excludes halogenated alkanes) is 2. The quantitative estimate of drug-likeness (QED) is 0.0364. The smallest absolute Gasteiger partial charge is 0.412 e. The van der Waals surface area contributed by atoms with Gasteiger partial charge in [-0.05, 0) is 67.3 Å². The number of benzene rings is 3. The summed E-state index contributed by atoms with van der Waals surface area (Å²) in [4.78, 5) is 92.7. The first-order valence-electron chi connectivity index (χ1n) is 20.6. The molecule has 0 unspecified atom stereocenters. The fourth-order valence-corrected chi connectivity index (χ4v) is 8.31. The Morgan fingerprint density at radius 3 is 2.17 bits per heavy atom. The van der Waals surface area contributed by atoms with Gasteiger partial charge in [0.25, 0.3) is 11.8 Å². The van der Waals surface area contributed by atoms with Gasteiger partial charge in [-0.1, -0.05) is 58.3 Å². The topological polar surface area (TPSA) is 241 Å². The second-order valence-corrected chi connectivity index (χ2v) is 16.8. The summed E-state index contributed by atoms with van der Waals surface area (Å²) in [5.74, 6) is -1.32. The van der Waals surface area contributed by atoms with E-state index in [-0.39, 0.29) is 68.5 Å². The Labute approximate surface area is 383 Å². The summed E-state index contributed by atoms with van der Waals surface area (Å²) in [5, 5.41) is 23.2. The van der Waals surface area contributed by atoms with Crippen LogP contribution in [0.15, 0.2) is 89.8 Å². The van der Waals surface area contributed by atoms with Gasteiger partial charge in [0, 0.05) is 60.4 Å². The lowest BCUT2D eigenvalue weighted by Crippen LogP contribution is -2.44. The number of rotatable bonds is 24. The molecule has 1 aliphatic heterocycles.